The molecule has 0 unspecified atom stereocenters. The molecule has 0 aromatic heterocycles. The van der Waals surface area contributed by atoms with Gasteiger partial charge in [0.25, 0.3) is 0 Å². The van der Waals surface area contributed by atoms with Crippen LogP contribution in [0.25, 0.3) is 0 Å². The lowest BCUT2D eigenvalue weighted by Crippen LogP contribution is -2.24. The zero-order chi connectivity index (χ0) is 12.7. The molecule has 0 saturated carbocycles. The number of aryl methyl sites for hydroxylation is 1. The highest BCUT2D eigenvalue weighted by Crippen LogP contribution is 2.06. The molecule has 2 nitrogen and oxygen atoms in total. The number of nitrogens with one attached hydrogen (secondary N) is 1. The van der Waals surface area contributed by atoms with Gasteiger partial charge in [-0.25, -0.2) is 0 Å². The van der Waals surface area contributed by atoms with Gasteiger partial charge in [0, 0.05) is 18.9 Å². The van der Waals surface area contributed by atoms with Gasteiger partial charge in [-0.3, -0.25) is 4.79 Å². The van der Waals surface area contributed by atoms with E-state index < -0.39 is 0 Å². The molecule has 0 radical (unpaired) electrons. The van der Waals surface area contributed by atoms with Crippen LogP contribution in [0.4, 0.5) is 0 Å². The molecule has 0 atom stereocenters. The average molecular weight is 233 g/mol. The average Bonchev–Trinajstić information content (AvgIpc) is 2.24. The van der Waals surface area contributed by atoms with Gasteiger partial charge in [-0.15, -0.1) is 0 Å². The second-order valence-electron chi connectivity index (χ2n) is 4.92. The molecule has 0 spiro atoms. The summed E-state index contributed by atoms with van der Waals surface area (Å²) in [4.78, 5) is 11.7. The van der Waals surface area contributed by atoms with Crippen LogP contribution in [-0.2, 0) is 11.2 Å². The molecule has 0 fully saturated rings. The lowest BCUT2D eigenvalue weighted by atomic mass is 10.0. The molecule has 0 aliphatic rings. The predicted molar refractivity (Wildman–Crippen MR) is 72.3 cm³/mol. The van der Waals surface area contributed by atoms with E-state index in [-0.39, 0.29) is 0 Å². The Labute approximate surface area is 104 Å². The van der Waals surface area contributed by atoms with E-state index in [0.29, 0.717) is 24.7 Å². The zero-order valence-corrected chi connectivity index (χ0v) is 11.1. The summed E-state index contributed by atoms with van der Waals surface area (Å²) in [7, 11) is 0. The normalized spacial score (nSPS) is 10.8. The van der Waals surface area contributed by atoms with Crippen molar-refractivity contribution in [3.63, 3.8) is 0 Å². The third kappa shape index (κ3) is 6.22. The van der Waals surface area contributed by atoms with Crippen molar-refractivity contribution >= 4 is 5.78 Å². The van der Waals surface area contributed by atoms with Crippen molar-refractivity contribution in [1.29, 1.82) is 0 Å². The van der Waals surface area contributed by atoms with E-state index in [1.807, 2.05) is 12.1 Å². The first kappa shape index (κ1) is 13.9. The fourth-order valence-corrected chi connectivity index (χ4v) is 1.81. The van der Waals surface area contributed by atoms with Crippen LogP contribution in [-0.4, -0.2) is 18.4 Å². The van der Waals surface area contributed by atoms with E-state index in [1.54, 1.807) is 0 Å². The smallest absolute Gasteiger partial charge is 0.137 e. The second-order valence-corrected chi connectivity index (χ2v) is 4.92. The van der Waals surface area contributed by atoms with Crippen LogP contribution in [0.1, 0.15) is 37.8 Å². The largest absolute Gasteiger partial charge is 0.315 e. The lowest BCUT2D eigenvalue weighted by molar-refractivity contribution is -0.118. The van der Waals surface area contributed by atoms with Crippen molar-refractivity contribution in [3.05, 3.63) is 35.4 Å². The first-order valence-corrected chi connectivity index (χ1v) is 6.38. The minimum absolute atomic E-state index is 0.334. The molecule has 1 aromatic carbocycles. The number of Topliss-reactive ketones (excluding diaryl/α,β-unsaturated/α-hetero) is 1. The summed E-state index contributed by atoms with van der Waals surface area (Å²) >= 11 is 0. The van der Waals surface area contributed by atoms with E-state index in [9.17, 15) is 4.79 Å². The Hall–Kier alpha value is -1.15. The van der Waals surface area contributed by atoms with Gasteiger partial charge in [0.15, 0.2) is 0 Å². The highest BCUT2D eigenvalue weighted by Gasteiger charge is 2.03. The van der Waals surface area contributed by atoms with E-state index in [2.05, 4.69) is 38.2 Å². The Bertz CT molecular complexity index is 358. The highest BCUT2D eigenvalue weighted by atomic mass is 16.1. The molecule has 2 heteroatoms. The summed E-state index contributed by atoms with van der Waals surface area (Å²) in [5.41, 5.74) is 2.35. The molecular formula is C15H23NO. The molecule has 0 bridgehead atoms. The standard InChI is InChI=1S/C15H23NO/c1-12(2)16-9-5-8-15(17)11-14-7-4-6-13(3)10-14/h4,6-7,10,12,16H,5,8-9,11H2,1-3H3. The molecule has 0 aliphatic heterocycles. The van der Waals surface area contributed by atoms with Gasteiger partial charge in [-0.05, 0) is 25.5 Å². The maximum atomic E-state index is 11.7. The number of hydrogen-bond donors (Lipinski definition) is 1. The second kappa shape index (κ2) is 7.23. The van der Waals surface area contributed by atoms with Crippen LogP contribution in [0, 0.1) is 6.92 Å². The number of ketones is 1. The monoisotopic (exact) mass is 233 g/mol. The fraction of sp³-hybridized carbons (Fsp3) is 0.533. The van der Waals surface area contributed by atoms with Crippen molar-refractivity contribution in [2.45, 2.75) is 46.1 Å². The van der Waals surface area contributed by atoms with Crippen LogP contribution < -0.4 is 5.32 Å². The van der Waals surface area contributed by atoms with Crippen LogP contribution >= 0.6 is 0 Å². The minimum Gasteiger partial charge on any atom is -0.315 e. The van der Waals surface area contributed by atoms with Crippen molar-refractivity contribution < 1.29 is 4.79 Å². The number of hydrogen-bond acceptors (Lipinski definition) is 2. The summed E-state index contributed by atoms with van der Waals surface area (Å²) in [6.45, 7) is 7.22. The molecule has 0 heterocycles. The quantitative estimate of drug-likeness (QED) is 0.734. The molecule has 1 rings (SSSR count). The first-order chi connectivity index (χ1) is 8.08. The van der Waals surface area contributed by atoms with Gasteiger partial charge < -0.3 is 5.32 Å². The van der Waals surface area contributed by atoms with E-state index in [4.69, 9.17) is 0 Å². The lowest BCUT2D eigenvalue weighted by Gasteiger charge is -2.07. The molecule has 1 N–H and O–H groups in total. The van der Waals surface area contributed by atoms with Gasteiger partial charge in [-0.2, -0.15) is 0 Å². The van der Waals surface area contributed by atoms with Crippen LogP contribution in [0.15, 0.2) is 24.3 Å². The van der Waals surface area contributed by atoms with Crippen molar-refractivity contribution in [1.82, 2.24) is 5.32 Å². The molecule has 94 valence electrons. The summed E-state index contributed by atoms with van der Waals surface area (Å²) in [6.07, 6.45) is 2.18. The zero-order valence-electron chi connectivity index (χ0n) is 11.1. The van der Waals surface area contributed by atoms with Crippen molar-refractivity contribution in [2.75, 3.05) is 6.54 Å². The Morgan fingerprint density at radius 2 is 2.12 bits per heavy atom. The van der Waals surface area contributed by atoms with Crippen LogP contribution in [0.2, 0.25) is 0 Å². The van der Waals surface area contributed by atoms with Crippen molar-refractivity contribution in [3.8, 4) is 0 Å². The summed E-state index contributed by atoms with van der Waals surface area (Å²) < 4.78 is 0. The third-order valence-corrected chi connectivity index (χ3v) is 2.67. The Kier molecular flexibility index (Phi) is 5.92. The van der Waals surface area contributed by atoms with Gasteiger partial charge >= 0.3 is 0 Å². The van der Waals surface area contributed by atoms with E-state index in [1.165, 1.54) is 5.56 Å². The Morgan fingerprint density at radius 1 is 1.35 bits per heavy atom. The van der Waals surface area contributed by atoms with E-state index >= 15 is 0 Å². The SMILES string of the molecule is Cc1cccc(CC(=O)CCCNC(C)C)c1. The molecule has 17 heavy (non-hydrogen) atoms. The molecule has 1 aromatic rings. The minimum atomic E-state index is 0.334. The number of rotatable bonds is 7. The van der Waals surface area contributed by atoms with E-state index in [0.717, 1.165) is 18.5 Å². The number of carbonyl (C=O) groups is 1. The summed E-state index contributed by atoms with van der Waals surface area (Å²) in [6, 6.07) is 8.68. The van der Waals surface area contributed by atoms with Crippen LogP contribution in [0.5, 0.6) is 0 Å². The number of carbonyl (C=O) groups excluding carboxylic acids is 1. The first-order valence-electron chi connectivity index (χ1n) is 6.38. The predicted octanol–water partition coefficient (Wildman–Crippen LogP) is 2.88. The molecule has 0 saturated heterocycles. The topological polar surface area (TPSA) is 29.1 Å². The van der Waals surface area contributed by atoms with Crippen molar-refractivity contribution in [2.24, 2.45) is 0 Å². The molecular weight excluding hydrogens is 210 g/mol. The van der Waals surface area contributed by atoms with Gasteiger partial charge in [-0.1, -0.05) is 43.7 Å². The maximum Gasteiger partial charge on any atom is 0.137 e. The van der Waals surface area contributed by atoms with Crippen LogP contribution in [0.3, 0.4) is 0 Å². The maximum absolute atomic E-state index is 11.7. The fourth-order valence-electron chi connectivity index (χ4n) is 1.81. The highest BCUT2D eigenvalue weighted by molar-refractivity contribution is 5.80. The van der Waals surface area contributed by atoms with Gasteiger partial charge in [0.05, 0.1) is 0 Å². The summed E-state index contributed by atoms with van der Waals surface area (Å²) in [5, 5.41) is 3.32. The third-order valence-electron chi connectivity index (χ3n) is 2.67. The Balaban J connectivity index is 2.25. The summed E-state index contributed by atoms with van der Waals surface area (Å²) in [5.74, 6) is 0.334. The molecule has 0 aliphatic carbocycles. The number of benzene rings is 1. The van der Waals surface area contributed by atoms with Gasteiger partial charge in [0.1, 0.15) is 5.78 Å². The molecule has 0 amide bonds. The Morgan fingerprint density at radius 3 is 2.76 bits per heavy atom. The van der Waals surface area contributed by atoms with Gasteiger partial charge in [0.2, 0.25) is 0 Å².